The van der Waals surface area contributed by atoms with Crippen molar-refractivity contribution in [2.24, 2.45) is 0 Å². The molecular weight excluding hydrogens is 384 g/mol. The van der Waals surface area contributed by atoms with Gasteiger partial charge in [-0.1, -0.05) is 48.0 Å². The fourth-order valence-electron chi connectivity index (χ4n) is 3.35. The molecule has 0 amide bonds. The largest absolute Gasteiger partial charge is 0.276 e. The number of nitrogens with one attached hydrogen (secondary N) is 1. The van der Waals surface area contributed by atoms with E-state index in [9.17, 15) is 8.42 Å². The number of rotatable bonds is 5. The topological polar surface area (TPSA) is 76.9 Å². The predicted octanol–water partition coefficient (Wildman–Crippen LogP) is 4.21. The highest BCUT2D eigenvalue weighted by molar-refractivity contribution is 7.93. The number of sulfonamides is 1. The lowest BCUT2D eigenvalue weighted by Crippen LogP contribution is -2.15. The van der Waals surface area contributed by atoms with Gasteiger partial charge in [0.15, 0.2) is 0 Å². The van der Waals surface area contributed by atoms with Crippen LogP contribution in [0.4, 0.5) is 5.69 Å². The minimum Gasteiger partial charge on any atom is -0.276 e. The second-order valence-electron chi connectivity index (χ2n) is 7.13. The van der Waals surface area contributed by atoms with Crippen LogP contribution in [0.15, 0.2) is 65.7 Å². The van der Waals surface area contributed by atoms with Gasteiger partial charge in [-0.25, -0.2) is 8.42 Å². The normalized spacial score (nSPS) is 11.7. The Morgan fingerprint density at radius 2 is 1.69 bits per heavy atom. The maximum absolute atomic E-state index is 13.1. The van der Waals surface area contributed by atoms with E-state index in [1.54, 1.807) is 31.3 Å². The van der Waals surface area contributed by atoms with Crippen molar-refractivity contribution in [2.45, 2.75) is 32.2 Å². The number of pyridine rings is 1. The molecule has 0 aliphatic heterocycles. The molecule has 0 unspecified atom stereocenters. The molecule has 0 spiro atoms. The van der Waals surface area contributed by atoms with Crippen LogP contribution in [0.2, 0.25) is 0 Å². The Morgan fingerprint density at radius 1 is 0.966 bits per heavy atom. The molecule has 1 N–H and O–H groups in total. The van der Waals surface area contributed by atoms with Crippen LogP contribution < -0.4 is 4.72 Å². The molecule has 0 saturated heterocycles. The van der Waals surface area contributed by atoms with Crippen molar-refractivity contribution in [2.75, 3.05) is 4.72 Å². The summed E-state index contributed by atoms with van der Waals surface area (Å²) in [6, 6.07) is 17.0. The third-order valence-electron chi connectivity index (χ3n) is 4.96. The van der Waals surface area contributed by atoms with Gasteiger partial charge < -0.3 is 0 Å². The molecule has 148 valence electrons. The fourth-order valence-corrected chi connectivity index (χ4v) is 4.70. The van der Waals surface area contributed by atoms with Crippen molar-refractivity contribution in [1.82, 2.24) is 14.8 Å². The van der Waals surface area contributed by atoms with Crippen LogP contribution in [0, 0.1) is 20.8 Å². The molecule has 0 saturated carbocycles. The van der Waals surface area contributed by atoms with E-state index in [0.717, 1.165) is 16.6 Å². The van der Waals surface area contributed by atoms with Gasteiger partial charge in [0.2, 0.25) is 0 Å². The van der Waals surface area contributed by atoms with Crippen molar-refractivity contribution in [3.8, 4) is 0 Å². The number of anilines is 1. The quantitative estimate of drug-likeness (QED) is 0.539. The second-order valence-corrected chi connectivity index (χ2v) is 8.78. The van der Waals surface area contributed by atoms with Gasteiger partial charge in [0.05, 0.1) is 29.1 Å². The fraction of sp³-hybridized carbons (Fsp3) is 0.182. The summed E-state index contributed by atoms with van der Waals surface area (Å²) in [6.45, 7) is 6.29. The van der Waals surface area contributed by atoms with Gasteiger partial charge in [-0.3, -0.25) is 14.4 Å². The number of aromatic nitrogens is 3. The third-order valence-corrected chi connectivity index (χ3v) is 6.34. The Hall–Kier alpha value is -3.19. The molecule has 0 bridgehead atoms. The maximum atomic E-state index is 13.1. The van der Waals surface area contributed by atoms with Crippen molar-refractivity contribution in [1.29, 1.82) is 0 Å². The van der Waals surface area contributed by atoms with Crippen molar-refractivity contribution in [3.05, 3.63) is 83.3 Å². The molecule has 0 aliphatic rings. The number of fused-ring (bicyclic) bond motifs is 1. The Morgan fingerprint density at radius 3 is 2.45 bits per heavy atom. The molecule has 2 aromatic heterocycles. The van der Waals surface area contributed by atoms with Crippen LogP contribution in [0.3, 0.4) is 0 Å². The SMILES string of the molecule is Cc1ccc(Cn2nc(C)c(NS(=O)(=O)c3cccc4cccnc34)c2C)cc1. The van der Waals surface area contributed by atoms with E-state index in [0.29, 0.717) is 23.4 Å². The second kappa shape index (κ2) is 7.33. The van der Waals surface area contributed by atoms with E-state index < -0.39 is 10.0 Å². The molecule has 0 atom stereocenters. The first-order valence-corrected chi connectivity index (χ1v) is 10.8. The zero-order valence-corrected chi connectivity index (χ0v) is 17.4. The number of hydrogen-bond donors (Lipinski definition) is 1. The molecule has 0 aliphatic carbocycles. The molecule has 4 aromatic rings. The van der Waals surface area contributed by atoms with Crippen LogP contribution in [-0.4, -0.2) is 23.2 Å². The summed E-state index contributed by atoms with van der Waals surface area (Å²) in [5.74, 6) is 0. The van der Waals surface area contributed by atoms with Crippen LogP contribution in [0.5, 0.6) is 0 Å². The number of para-hydroxylation sites is 1. The Kier molecular flexibility index (Phi) is 4.84. The van der Waals surface area contributed by atoms with Crippen molar-refractivity contribution in [3.63, 3.8) is 0 Å². The van der Waals surface area contributed by atoms with Crippen LogP contribution in [0.1, 0.15) is 22.5 Å². The van der Waals surface area contributed by atoms with E-state index in [1.807, 2.05) is 30.7 Å². The molecule has 7 heteroatoms. The molecule has 4 rings (SSSR count). The summed E-state index contributed by atoms with van der Waals surface area (Å²) in [7, 11) is -3.82. The first-order valence-electron chi connectivity index (χ1n) is 9.31. The van der Waals surface area contributed by atoms with E-state index in [-0.39, 0.29) is 4.90 Å². The summed E-state index contributed by atoms with van der Waals surface area (Å²) >= 11 is 0. The average Bonchev–Trinajstić information content (AvgIpc) is 2.96. The number of aryl methyl sites for hydroxylation is 2. The van der Waals surface area contributed by atoms with Crippen molar-refractivity contribution < 1.29 is 8.42 Å². The zero-order chi connectivity index (χ0) is 20.6. The van der Waals surface area contributed by atoms with Gasteiger partial charge in [0.25, 0.3) is 10.0 Å². The smallest absolute Gasteiger partial charge is 0.264 e. The van der Waals surface area contributed by atoms with E-state index in [4.69, 9.17) is 0 Å². The molecule has 0 radical (unpaired) electrons. The molecule has 2 aromatic carbocycles. The number of hydrogen-bond acceptors (Lipinski definition) is 4. The van der Waals surface area contributed by atoms with Crippen LogP contribution in [-0.2, 0) is 16.6 Å². The van der Waals surface area contributed by atoms with Crippen molar-refractivity contribution >= 4 is 26.6 Å². The predicted molar refractivity (Wildman–Crippen MR) is 115 cm³/mol. The van der Waals surface area contributed by atoms with Gasteiger partial charge in [0, 0.05) is 11.6 Å². The zero-order valence-electron chi connectivity index (χ0n) is 16.5. The lowest BCUT2D eigenvalue weighted by Gasteiger charge is -2.11. The van der Waals surface area contributed by atoms with Gasteiger partial charge in [-0.15, -0.1) is 0 Å². The highest BCUT2D eigenvalue weighted by atomic mass is 32.2. The molecule has 2 heterocycles. The summed E-state index contributed by atoms with van der Waals surface area (Å²) < 4.78 is 30.8. The maximum Gasteiger partial charge on any atom is 0.264 e. The molecule has 29 heavy (non-hydrogen) atoms. The first kappa shape index (κ1) is 19.1. The third kappa shape index (κ3) is 3.73. The molecule has 0 fully saturated rings. The van der Waals surface area contributed by atoms with Gasteiger partial charge in [0.1, 0.15) is 4.90 Å². The highest BCUT2D eigenvalue weighted by Crippen LogP contribution is 2.27. The van der Waals surface area contributed by atoms with Crippen LogP contribution >= 0.6 is 0 Å². The standard InChI is InChI=1S/C22H22N4O2S/c1-15-9-11-18(12-10-15)14-26-17(3)21(16(2)24-26)25-29(27,28)20-8-4-6-19-7-5-13-23-22(19)20/h4-13,25H,14H2,1-3H3. The summed E-state index contributed by atoms with van der Waals surface area (Å²) in [6.07, 6.45) is 1.59. The highest BCUT2D eigenvalue weighted by Gasteiger charge is 2.22. The molecule has 6 nitrogen and oxygen atoms in total. The average molecular weight is 407 g/mol. The monoisotopic (exact) mass is 406 g/mol. The van der Waals surface area contributed by atoms with Crippen LogP contribution in [0.25, 0.3) is 10.9 Å². The van der Waals surface area contributed by atoms with Gasteiger partial charge in [-0.2, -0.15) is 5.10 Å². The van der Waals surface area contributed by atoms with Gasteiger partial charge in [-0.05, 0) is 38.5 Å². The van der Waals surface area contributed by atoms with E-state index >= 15 is 0 Å². The Balaban J connectivity index is 1.68. The minimum atomic E-state index is -3.82. The van der Waals surface area contributed by atoms with Gasteiger partial charge >= 0.3 is 0 Å². The summed E-state index contributed by atoms with van der Waals surface area (Å²) in [5.41, 5.74) is 4.65. The Bertz CT molecular complexity index is 1290. The first-order chi connectivity index (χ1) is 13.8. The number of benzene rings is 2. The Labute approximate surface area is 170 Å². The lowest BCUT2D eigenvalue weighted by atomic mass is 10.1. The lowest BCUT2D eigenvalue weighted by molar-refractivity contribution is 0.601. The summed E-state index contributed by atoms with van der Waals surface area (Å²) in [4.78, 5) is 4.42. The molecular formula is C22H22N4O2S. The van der Waals surface area contributed by atoms with E-state index in [1.165, 1.54) is 5.56 Å². The minimum absolute atomic E-state index is 0.153. The van der Waals surface area contributed by atoms with E-state index in [2.05, 4.69) is 39.1 Å². The summed E-state index contributed by atoms with van der Waals surface area (Å²) in [5, 5.41) is 5.32. The number of nitrogens with zero attached hydrogens (tertiary/aromatic N) is 3.